The predicted molar refractivity (Wildman–Crippen MR) is 105 cm³/mol. The van der Waals surface area contributed by atoms with Crippen LogP contribution in [0.4, 0.5) is 0 Å². The number of carbonyl (C=O) groups excluding carboxylic acids is 2. The van der Waals surface area contributed by atoms with Crippen molar-refractivity contribution < 1.29 is 14.7 Å². The van der Waals surface area contributed by atoms with Crippen molar-refractivity contribution in [2.75, 3.05) is 6.54 Å². The summed E-state index contributed by atoms with van der Waals surface area (Å²) in [5.74, 6) is -1.59. The van der Waals surface area contributed by atoms with Gasteiger partial charge in [-0.3, -0.25) is 9.59 Å². The van der Waals surface area contributed by atoms with Gasteiger partial charge in [0, 0.05) is 21.6 Å². The molecule has 6 heteroatoms. The lowest BCUT2D eigenvalue weighted by molar-refractivity contribution is -0.139. The van der Waals surface area contributed by atoms with Crippen molar-refractivity contribution >= 4 is 45.0 Å². The van der Waals surface area contributed by atoms with Crippen LogP contribution in [0.1, 0.15) is 17.2 Å². The molecule has 1 aliphatic rings. The number of Topliss-reactive ketones (excluding diaryl/α,β-unsaturated/α-hetero) is 1. The van der Waals surface area contributed by atoms with E-state index in [1.807, 2.05) is 0 Å². The lowest BCUT2D eigenvalue weighted by Crippen LogP contribution is -2.29. The average Bonchev–Trinajstić information content (AvgIpc) is 2.88. The molecule has 1 saturated heterocycles. The fourth-order valence-electron chi connectivity index (χ4n) is 2.96. The Kier molecular flexibility index (Phi) is 5.30. The molecule has 1 aliphatic heterocycles. The van der Waals surface area contributed by atoms with E-state index in [1.165, 1.54) is 4.90 Å². The van der Waals surface area contributed by atoms with Gasteiger partial charge in [0.2, 0.25) is 0 Å². The molecule has 0 radical (unpaired) electrons. The summed E-state index contributed by atoms with van der Waals surface area (Å²) in [6, 6.07) is 13.0. The quantitative estimate of drug-likeness (QED) is 0.329. The summed E-state index contributed by atoms with van der Waals surface area (Å²) in [4.78, 5) is 26.5. The lowest BCUT2D eigenvalue weighted by Gasteiger charge is -2.24. The first-order valence-electron chi connectivity index (χ1n) is 7.84. The third-order valence-electron chi connectivity index (χ3n) is 4.17. The van der Waals surface area contributed by atoms with Crippen molar-refractivity contribution in [3.8, 4) is 0 Å². The maximum atomic E-state index is 12.6. The van der Waals surface area contributed by atoms with E-state index < -0.39 is 17.7 Å². The Morgan fingerprint density at radius 2 is 1.77 bits per heavy atom. The van der Waals surface area contributed by atoms with Crippen molar-refractivity contribution in [1.29, 1.82) is 0 Å². The summed E-state index contributed by atoms with van der Waals surface area (Å²) < 4.78 is 0.843. The summed E-state index contributed by atoms with van der Waals surface area (Å²) in [5.41, 5.74) is 1.21. The van der Waals surface area contributed by atoms with Gasteiger partial charge in [0.05, 0.1) is 11.6 Å². The van der Waals surface area contributed by atoms with Gasteiger partial charge in [0.15, 0.2) is 0 Å². The summed E-state index contributed by atoms with van der Waals surface area (Å²) >= 11 is 9.29. The third-order valence-corrected chi connectivity index (χ3v) is 4.95. The van der Waals surface area contributed by atoms with E-state index in [4.69, 9.17) is 11.6 Å². The van der Waals surface area contributed by atoms with Gasteiger partial charge >= 0.3 is 0 Å². The number of amides is 1. The van der Waals surface area contributed by atoms with Crippen LogP contribution in [-0.2, 0) is 9.59 Å². The smallest absolute Gasteiger partial charge is 0.295 e. The summed E-state index contributed by atoms with van der Waals surface area (Å²) in [6.07, 6.45) is 1.55. The summed E-state index contributed by atoms with van der Waals surface area (Å²) in [5, 5.41) is 11.3. The standard InChI is InChI=1S/C20H15BrClNO3/c1-2-11-23-17(12-5-9-15(22)10-6-12)16(19(25)20(23)26)18(24)13-3-7-14(21)8-4-13/h2-10,17,24H,1,11H2/b18-16+. The molecule has 0 aliphatic carbocycles. The predicted octanol–water partition coefficient (Wildman–Crippen LogP) is 4.71. The summed E-state index contributed by atoms with van der Waals surface area (Å²) in [7, 11) is 0. The first kappa shape index (κ1) is 18.4. The van der Waals surface area contributed by atoms with E-state index in [2.05, 4.69) is 22.5 Å². The Balaban J connectivity index is 2.18. The van der Waals surface area contributed by atoms with Crippen LogP contribution in [0, 0.1) is 0 Å². The first-order chi connectivity index (χ1) is 12.4. The SMILES string of the molecule is C=CCN1C(=O)C(=O)/C(=C(/O)c2ccc(Br)cc2)C1c1ccc(Cl)cc1. The number of likely N-dealkylation sites (tertiary alicyclic amines) is 1. The monoisotopic (exact) mass is 431 g/mol. The molecule has 0 saturated carbocycles. The molecule has 0 aromatic heterocycles. The molecule has 1 atom stereocenters. The van der Waals surface area contributed by atoms with Crippen molar-refractivity contribution in [3.63, 3.8) is 0 Å². The van der Waals surface area contributed by atoms with Gasteiger partial charge in [-0.05, 0) is 29.8 Å². The third kappa shape index (κ3) is 3.32. The van der Waals surface area contributed by atoms with Crippen LogP contribution in [0.3, 0.4) is 0 Å². The number of hydrogen-bond acceptors (Lipinski definition) is 3. The molecule has 1 amide bonds. The maximum absolute atomic E-state index is 12.6. The molecular formula is C20H15BrClNO3. The topological polar surface area (TPSA) is 57.6 Å². The molecule has 1 N–H and O–H groups in total. The minimum absolute atomic E-state index is 0.0569. The molecule has 132 valence electrons. The van der Waals surface area contributed by atoms with Gasteiger partial charge in [0.25, 0.3) is 11.7 Å². The number of hydrogen-bond donors (Lipinski definition) is 1. The highest BCUT2D eigenvalue weighted by Gasteiger charge is 2.45. The lowest BCUT2D eigenvalue weighted by atomic mass is 9.95. The number of carbonyl (C=O) groups is 2. The minimum Gasteiger partial charge on any atom is -0.507 e. The molecule has 1 heterocycles. The van der Waals surface area contributed by atoms with Crippen LogP contribution >= 0.6 is 27.5 Å². The van der Waals surface area contributed by atoms with Crippen LogP contribution in [0.15, 0.2) is 71.2 Å². The zero-order chi connectivity index (χ0) is 18.8. The van der Waals surface area contributed by atoms with E-state index in [0.29, 0.717) is 16.1 Å². The van der Waals surface area contributed by atoms with Crippen LogP contribution in [0.5, 0.6) is 0 Å². The van der Waals surface area contributed by atoms with E-state index in [9.17, 15) is 14.7 Å². The Hall–Kier alpha value is -2.37. The molecule has 26 heavy (non-hydrogen) atoms. The van der Waals surface area contributed by atoms with Gasteiger partial charge in [0.1, 0.15) is 5.76 Å². The van der Waals surface area contributed by atoms with E-state index in [1.54, 1.807) is 54.6 Å². The second kappa shape index (κ2) is 7.48. The Morgan fingerprint density at radius 1 is 1.15 bits per heavy atom. The fraction of sp³-hybridized carbons (Fsp3) is 0.100. The van der Waals surface area contributed by atoms with Crippen molar-refractivity contribution in [2.24, 2.45) is 0 Å². The first-order valence-corrected chi connectivity index (χ1v) is 9.02. The van der Waals surface area contributed by atoms with Crippen LogP contribution in [0.2, 0.25) is 5.02 Å². The maximum Gasteiger partial charge on any atom is 0.295 e. The van der Waals surface area contributed by atoms with Crippen LogP contribution in [0.25, 0.3) is 5.76 Å². The van der Waals surface area contributed by atoms with Gasteiger partial charge in [-0.15, -0.1) is 6.58 Å². The Labute approximate surface area is 164 Å². The largest absolute Gasteiger partial charge is 0.507 e. The molecule has 0 spiro atoms. The highest BCUT2D eigenvalue weighted by Crippen LogP contribution is 2.39. The molecule has 2 aromatic carbocycles. The zero-order valence-corrected chi connectivity index (χ0v) is 16.0. The average molecular weight is 433 g/mol. The molecule has 2 aromatic rings. The molecule has 1 unspecified atom stereocenters. The Morgan fingerprint density at radius 3 is 2.35 bits per heavy atom. The molecular weight excluding hydrogens is 418 g/mol. The molecule has 4 nitrogen and oxygen atoms in total. The second-order valence-electron chi connectivity index (χ2n) is 5.80. The second-order valence-corrected chi connectivity index (χ2v) is 7.15. The van der Waals surface area contributed by atoms with Crippen molar-refractivity contribution in [1.82, 2.24) is 4.90 Å². The van der Waals surface area contributed by atoms with Crippen LogP contribution in [-0.4, -0.2) is 28.2 Å². The van der Waals surface area contributed by atoms with E-state index >= 15 is 0 Å². The molecule has 1 fully saturated rings. The highest BCUT2D eigenvalue weighted by molar-refractivity contribution is 9.10. The fourth-order valence-corrected chi connectivity index (χ4v) is 3.35. The number of ketones is 1. The molecule has 3 rings (SSSR count). The Bertz CT molecular complexity index is 904. The van der Waals surface area contributed by atoms with E-state index in [-0.39, 0.29) is 17.9 Å². The van der Waals surface area contributed by atoms with Crippen LogP contribution < -0.4 is 0 Å². The number of aliphatic hydroxyl groups is 1. The van der Waals surface area contributed by atoms with E-state index in [0.717, 1.165) is 4.47 Å². The van der Waals surface area contributed by atoms with Gasteiger partial charge in [-0.2, -0.15) is 0 Å². The zero-order valence-electron chi connectivity index (χ0n) is 13.7. The number of aliphatic hydroxyl groups excluding tert-OH is 1. The number of nitrogens with zero attached hydrogens (tertiary/aromatic N) is 1. The van der Waals surface area contributed by atoms with Crippen molar-refractivity contribution in [2.45, 2.75) is 6.04 Å². The van der Waals surface area contributed by atoms with Gasteiger partial charge in [-0.25, -0.2) is 0 Å². The number of halogens is 2. The number of benzene rings is 2. The number of rotatable bonds is 4. The molecule has 0 bridgehead atoms. The minimum atomic E-state index is -0.716. The normalized spacial score (nSPS) is 19.0. The van der Waals surface area contributed by atoms with Crippen molar-refractivity contribution in [3.05, 3.63) is 87.4 Å². The highest BCUT2D eigenvalue weighted by atomic mass is 79.9. The summed E-state index contributed by atoms with van der Waals surface area (Å²) in [6.45, 7) is 3.84. The van der Waals surface area contributed by atoms with Gasteiger partial charge < -0.3 is 10.0 Å². The van der Waals surface area contributed by atoms with Gasteiger partial charge in [-0.1, -0.05) is 57.9 Å².